The lowest BCUT2D eigenvalue weighted by Gasteiger charge is -2.18. The molecule has 1 unspecified atom stereocenters. The molecular formula is C11H16N2. The van der Waals surface area contributed by atoms with E-state index in [9.17, 15) is 0 Å². The average Bonchev–Trinajstić information content (AvgIpc) is 2.71. The van der Waals surface area contributed by atoms with Crippen molar-refractivity contribution in [2.45, 2.75) is 12.5 Å². The zero-order valence-corrected chi connectivity index (χ0v) is 7.74. The molecule has 1 aliphatic rings. The van der Waals surface area contributed by atoms with Gasteiger partial charge in [0.2, 0.25) is 0 Å². The minimum absolute atomic E-state index is 0.205. The maximum absolute atomic E-state index is 6.16. The number of hydrogen-bond acceptors (Lipinski definition) is 2. The van der Waals surface area contributed by atoms with E-state index in [-0.39, 0.29) is 6.04 Å². The fourth-order valence-electron chi connectivity index (χ4n) is 1.93. The topological polar surface area (TPSA) is 38.0 Å². The molecule has 1 saturated heterocycles. The Morgan fingerprint density at radius 2 is 2.08 bits per heavy atom. The Morgan fingerprint density at radius 3 is 2.69 bits per heavy atom. The van der Waals surface area contributed by atoms with Crippen molar-refractivity contribution in [1.29, 1.82) is 0 Å². The first kappa shape index (κ1) is 8.73. The van der Waals surface area contributed by atoms with Crippen molar-refractivity contribution in [1.82, 2.24) is 5.32 Å². The highest BCUT2D eigenvalue weighted by atomic mass is 14.9. The largest absolute Gasteiger partial charge is 0.324 e. The van der Waals surface area contributed by atoms with Gasteiger partial charge in [-0.1, -0.05) is 30.3 Å². The summed E-state index contributed by atoms with van der Waals surface area (Å²) in [7, 11) is 0. The van der Waals surface area contributed by atoms with Crippen LogP contribution in [0.1, 0.15) is 18.0 Å². The maximum Gasteiger partial charge on any atom is 0.0336 e. The first-order valence-corrected chi connectivity index (χ1v) is 4.89. The third-order valence-corrected chi connectivity index (χ3v) is 2.79. The van der Waals surface area contributed by atoms with E-state index >= 15 is 0 Å². The van der Waals surface area contributed by atoms with Crippen LogP contribution < -0.4 is 11.1 Å². The summed E-state index contributed by atoms with van der Waals surface area (Å²) in [5, 5.41) is 3.34. The van der Waals surface area contributed by atoms with Gasteiger partial charge in [0.15, 0.2) is 0 Å². The summed E-state index contributed by atoms with van der Waals surface area (Å²) in [4.78, 5) is 0. The molecule has 1 aliphatic heterocycles. The highest BCUT2D eigenvalue weighted by molar-refractivity contribution is 5.19. The van der Waals surface area contributed by atoms with Crippen LogP contribution in [0.2, 0.25) is 0 Å². The Hall–Kier alpha value is -0.860. The number of nitrogens with two attached hydrogens (primary N) is 1. The summed E-state index contributed by atoms with van der Waals surface area (Å²) < 4.78 is 0. The Kier molecular flexibility index (Phi) is 2.62. The molecule has 2 atom stereocenters. The van der Waals surface area contributed by atoms with Gasteiger partial charge in [0, 0.05) is 6.04 Å². The second-order valence-corrected chi connectivity index (χ2v) is 3.69. The fourth-order valence-corrected chi connectivity index (χ4v) is 1.93. The van der Waals surface area contributed by atoms with Crippen LogP contribution >= 0.6 is 0 Å². The average molecular weight is 176 g/mol. The van der Waals surface area contributed by atoms with Gasteiger partial charge in [-0.25, -0.2) is 0 Å². The van der Waals surface area contributed by atoms with E-state index in [1.807, 2.05) is 6.07 Å². The van der Waals surface area contributed by atoms with E-state index in [0.717, 1.165) is 13.1 Å². The molecule has 1 aromatic rings. The summed E-state index contributed by atoms with van der Waals surface area (Å²) in [6.07, 6.45) is 1.20. The monoisotopic (exact) mass is 176 g/mol. The van der Waals surface area contributed by atoms with Crippen LogP contribution in [0.4, 0.5) is 0 Å². The van der Waals surface area contributed by atoms with Gasteiger partial charge in [0.1, 0.15) is 0 Å². The summed E-state index contributed by atoms with van der Waals surface area (Å²) >= 11 is 0. The molecule has 0 aromatic heterocycles. The molecule has 3 N–H and O–H groups in total. The molecule has 2 nitrogen and oxygen atoms in total. The number of rotatable bonds is 2. The molecule has 2 rings (SSSR count). The summed E-state index contributed by atoms with van der Waals surface area (Å²) in [6.45, 7) is 2.18. The standard InChI is InChI=1S/C11H16N2/c12-11(10-6-7-13-8-10)9-4-2-1-3-5-9/h1-5,10-11,13H,6-8,12H2/t10-,11?/m1/s1. The molecule has 2 heteroatoms. The van der Waals surface area contributed by atoms with Gasteiger partial charge in [0.05, 0.1) is 0 Å². The van der Waals surface area contributed by atoms with Crippen LogP contribution in [0.25, 0.3) is 0 Å². The van der Waals surface area contributed by atoms with Crippen molar-refractivity contribution in [3.05, 3.63) is 35.9 Å². The zero-order valence-electron chi connectivity index (χ0n) is 7.74. The van der Waals surface area contributed by atoms with Crippen LogP contribution in [-0.4, -0.2) is 13.1 Å². The molecule has 0 bridgehead atoms. The lowest BCUT2D eigenvalue weighted by molar-refractivity contribution is 0.470. The first-order chi connectivity index (χ1) is 6.38. The molecular weight excluding hydrogens is 160 g/mol. The Bertz CT molecular complexity index is 252. The third kappa shape index (κ3) is 1.90. The quantitative estimate of drug-likeness (QED) is 0.712. The lowest BCUT2D eigenvalue weighted by atomic mass is 9.93. The van der Waals surface area contributed by atoms with Crippen LogP contribution in [0.3, 0.4) is 0 Å². The van der Waals surface area contributed by atoms with E-state index in [0.29, 0.717) is 5.92 Å². The van der Waals surface area contributed by atoms with E-state index < -0.39 is 0 Å². The summed E-state index contributed by atoms with van der Waals surface area (Å²) in [6, 6.07) is 10.6. The number of benzene rings is 1. The fraction of sp³-hybridized carbons (Fsp3) is 0.455. The first-order valence-electron chi connectivity index (χ1n) is 4.89. The van der Waals surface area contributed by atoms with Crippen LogP contribution in [0, 0.1) is 5.92 Å². The normalized spacial score (nSPS) is 24.5. The highest BCUT2D eigenvalue weighted by Gasteiger charge is 2.22. The minimum Gasteiger partial charge on any atom is -0.324 e. The predicted octanol–water partition coefficient (Wildman–Crippen LogP) is 1.30. The molecule has 0 radical (unpaired) electrons. The molecule has 1 fully saturated rings. The SMILES string of the molecule is NC(c1ccccc1)[C@@H]1CCNC1. The minimum atomic E-state index is 0.205. The number of hydrogen-bond donors (Lipinski definition) is 2. The second kappa shape index (κ2) is 3.90. The lowest BCUT2D eigenvalue weighted by Crippen LogP contribution is -2.23. The van der Waals surface area contributed by atoms with Gasteiger partial charge in [-0.3, -0.25) is 0 Å². The molecule has 13 heavy (non-hydrogen) atoms. The molecule has 0 amide bonds. The van der Waals surface area contributed by atoms with Crippen molar-refractivity contribution in [3.63, 3.8) is 0 Å². The van der Waals surface area contributed by atoms with Crippen molar-refractivity contribution < 1.29 is 0 Å². The Balaban J connectivity index is 2.08. The highest BCUT2D eigenvalue weighted by Crippen LogP contribution is 2.23. The van der Waals surface area contributed by atoms with Gasteiger partial charge in [-0.05, 0) is 31.0 Å². The van der Waals surface area contributed by atoms with Crippen LogP contribution in [0.5, 0.6) is 0 Å². The molecule has 0 spiro atoms. The van der Waals surface area contributed by atoms with Crippen molar-refractivity contribution in [2.24, 2.45) is 11.7 Å². The molecule has 0 saturated carbocycles. The van der Waals surface area contributed by atoms with Crippen LogP contribution in [-0.2, 0) is 0 Å². The van der Waals surface area contributed by atoms with Crippen molar-refractivity contribution >= 4 is 0 Å². The van der Waals surface area contributed by atoms with Gasteiger partial charge in [-0.2, -0.15) is 0 Å². The maximum atomic E-state index is 6.16. The smallest absolute Gasteiger partial charge is 0.0336 e. The van der Waals surface area contributed by atoms with Gasteiger partial charge in [-0.15, -0.1) is 0 Å². The van der Waals surface area contributed by atoms with Gasteiger partial charge >= 0.3 is 0 Å². The van der Waals surface area contributed by atoms with Crippen molar-refractivity contribution in [3.8, 4) is 0 Å². The molecule has 1 heterocycles. The zero-order chi connectivity index (χ0) is 9.10. The third-order valence-electron chi connectivity index (χ3n) is 2.79. The predicted molar refractivity (Wildman–Crippen MR) is 54.3 cm³/mol. The number of nitrogens with one attached hydrogen (secondary N) is 1. The molecule has 70 valence electrons. The summed E-state index contributed by atoms with van der Waals surface area (Å²) in [5.41, 5.74) is 7.42. The van der Waals surface area contributed by atoms with E-state index in [2.05, 4.69) is 29.6 Å². The van der Waals surface area contributed by atoms with E-state index in [1.54, 1.807) is 0 Å². The Labute approximate surface area is 79.1 Å². The van der Waals surface area contributed by atoms with E-state index in [1.165, 1.54) is 12.0 Å². The Morgan fingerprint density at radius 1 is 1.31 bits per heavy atom. The van der Waals surface area contributed by atoms with Crippen LogP contribution in [0.15, 0.2) is 30.3 Å². The summed E-state index contributed by atoms with van der Waals surface area (Å²) in [5.74, 6) is 0.613. The molecule has 0 aliphatic carbocycles. The van der Waals surface area contributed by atoms with Gasteiger partial charge < -0.3 is 11.1 Å². The molecule has 1 aromatic carbocycles. The second-order valence-electron chi connectivity index (χ2n) is 3.69. The van der Waals surface area contributed by atoms with Gasteiger partial charge in [0.25, 0.3) is 0 Å². The van der Waals surface area contributed by atoms with E-state index in [4.69, 9.17) is 5.73 Å². The van der Waals surface area contributed by atoms with Crippen molar-refractivity contribution in [2.75, 3.05) is 13.1 Å².